The largest absolute Gasteiger partial charge is 0.466 e. The van der Waals surface area contributed by atoms with Gasteiger partial charge in [-0.05, 0) is 35.1 Å². The molecule has 0 saturated carbocycles. The second kappa shape index (κ2) is 4.79. The first-order chi connectivity index (χ1) is 5.36. The zero-order valence-corrected chi connectivity index (χ0v) is 9.35. The number of carbonyl (C=O) groups is 1. The van der Waals surface area contributed by atoms with Crippen LogP contribution in [0.15, 0.2) is 12.2 Å². The van der Waals surface area contributed by atoms with Gasteiger partial charge in [0.05, 0.1) is 6.61 Å². The molecule has 12 heavy (non-hydrogen) atoms. The van der Waals surface area contributed by atoms with Crippen molar-refractivity contribution in [3.05, 3.63) is 12.2 Å². The molecule has 4 heteroatoms. The molecule has 0 aliphatic rings. The summed E-state index contributed by atoms with van der Waals surface area (Å²) in [6.45, 7) is 6.51. The maximum atomic E-state index is 13.4. The first-order valence-corrected chi connectivity index (χ1v) is 4.61. The molecule has 1 atom stereocenters. The first kappa shape index (κ1) is 11.9. The molecular weight excluding hydrogens is 274 g/mol. The Hall–Kier alpha value is -0.130. The predicted octanol–water partition coefficient (Wildman–Crippen LogP) is 2.62. The van der Waals surface area contributed by atoms with E-state index < -0.39 is 3.68 Å². The maximum Gasteiger partial charge on any atom is 0.302 e. The summed E-state index contributed by atoms with van der Waals surface area (Å²) in [5.41, 5.74) is 0.440. The van der Waals surface area contributed by atoms with Crippen molar-refractivity contribution in [1.82, 2.24) is 0 Å². The van der Waals surface area contributed by atoms with E-state index in [1.54, 1.807) is 29.5 Å². The van der Waals surface area contributed by atoms with E-state index in [-0.39, 0.29) is 19.0 Å². The molecule has 0 amide bonds. The fraction of sp³-hybridized carbons (Fsp3) is 0.625. The number of alkyl halides is 2. The fourth-order valence-electron chi connectivity index (χ4n) is 0.536. The van der Waals surface area contributed by atoms with Crippen LogP contribution in [0.3, 0.4) is 0 Å². The van der Waals surface area contributed by atoms with Gasteiger partial charge in [-0.3, -0.25) is 4.79 Å². The lowest BCUT2D eigenvalue weighted by atomic mass is 10.2. The van der Waals surface area contributed by atoms with Crippen LogP contribution in [0, 0.1) is 0 Å². The summed E-state index contributed by atoms with van der Waals surface area (Å²) in [5, 5.41) is 0. The Bertz CT molecular complexity index is 189. The summed E-state index contributed by atoms with van der Waals surface area (Å²) < 4.78 is 16.5. The third-order valence-corrected chi connectivity index (χ3v) is 2.81. The number of hydrogen-bond acceptors (Lipinski definition) is 2. The van der Waals surface area contributed by atoms with Gasteiger partial charge in [-0.2, -0.15) is 0 Å². The van der Waals surface area contributed by atoms with Gasteiger partial charge in [0.15, 0.2) is 3.68 Å². The van der Waals surface area contributed by atoms with Crippen LogP contribution in [-0.4, -0.2) is 16.3 Å². The molecule has 0 fully saturated rings. The third kappa shape index (κ3) is 4.69. The van der Waals surface area contributed by atoms with E-state index >= 15 is 0 Å². The summed E-state index contributed by atoms with van der Waals surface area (Å²) in [6.07, 6.45) is 0.155. The Morgan fingerprint density at radius 2 is 2.17 bits per heavy atom. The highest BCUT2D eigenvalue weighted by molar-refractivity contribution is 14.1. The first-order valence-electron chi connectivity index (χ1n) is 3.53. The zero-order chi connectivity index (χ0) is 9.78. The van der Waals surface area contributed by atoms with Crippen molar-refractivity contribution in [2.45, 2.75) is 23.9 Å². The fourth-order valence-corrected chi connectivity index (χ4v) is 0.757. The van der Waals surface area contributed by atoms with E-state index in [2.05, 4.69) is 11.3 Å². The maximum absolute atomic E-state index is 13.4. The van der Waals surface area contributed by atoms with Crippen molar-refractivity contribution < 1.29 is 13.9 Å². The summed E-state index contributed by atoms with van der Waals surface area (Å²) in [4.78, 5) is 10.3. The van der Waals surface area contributed by atoms with Crippen LogP contribution in [0.2, 0.25) is 0 Å². The van der Waals surface area contributed by atoms with E-state index in [4.69, 9.17) is 0 Å². The van der Waals surface area contributed by atoms with Crippen LogP contribution >= 0.6 is 22.6 Å². The molecule has 0 aromatic heterocycles. The van der Waals surface area contributed by atoms with Crippen LogP contribution in [0.1, 0.15) is 20.3 Å². The second-order valence-corrected chi connectivity index (χ2v) is 4.28. The molecule has 0 radical (unpaired) electrons. The molecule has 0 bridgehead atoms. The topological polar surface area (TPSA) is 26.3 Å². The van der Waals surface area contributed by atoms with Gasteiger partial charge in [0.2, 0.25) is 0 Å². The Morgan fingerprint density at radius 3 is 2.50 bits per heavy atom. The lowest BCUT2D eigenvalue weighted by molar-refractivity contribution is -0.141. The van der Waals surface area contributed by atoms with E-state index in [9.17, 15) is 9.18 Å². The molecule has 0 aliphatic carbocycles. The molecule has 0 spiro atoms. The zero-order valence-electron chi connectivity index (χ0n) is 7.19. The normalized spacial score (nSPS) is 15.0. The van der Waals surface area contributed by atoms with Gasteiger partial charge in [0, 0.05) is 13.3 Å². The molecule has 0 rings (SSSR count). The smallest absolute Gasteiger partial charge is 0.302 e. The van der Waals surface area contributed by atoms with Gasteiger partial charge in [-0.1, -0.05) is 6.58 Å². The van der Waals surface area contributed by atoms with Crippen molar-refractivity contribution >= 4 is 28.6 Å². The Labute approximate surface area is 85.3 Å². The Morgan fingerprint density at radius 1 is 1.67 bits per heavy atom. The van der Waals surface area contributed by atoms with Crippen LogP contribution in [0.4, 0.5) is 4.39 Å². The van der Waals surface area contributed by atoms with Gasteiger partial charge in [-0.25, -0.2) is 4.39 Å². The van der Waals surface area contributed by atoms with E-state index in [1.165, 1.54) is 6.92 Å². The highest BCUT2D eigenvalue weighted by Crippen LogP contribution is 2.32. The Balaban J connectivity index is 3.76. The molecular formula is C8H12FIO2. The molecule has 70 valence electrons. The predicted molar refractivity (Wildman–Crippen MR) is 53.9 cm³/mol. The summed E-state index contributed by atoms with van der Waals surface area (Å²) in [5.74, 6) is -0.385. The van der Waals surface area contributed by atoms with Crippen LogP contribution in [0.5, 0.6) is 0 Å². The molecule has 1 unspecified atom stereocenters. The number of rotatable bonds is 4. The minimum absolute atomic E-state index is 0.0988. The highest BCUT2D eigenvalue weighted by Gasteiger charge is 2.26. The van der Waals surface area contributed by atoms with Crippen molar-refractivity contribution in [1.29, 1.82) is 0 Å². The van der Waals surface area contributed by atoms with Crippen molar-refractivity contribution in [2.75, 3.05) is 6.61 Å². The minimum atomic E-state index is -1.47. The van der Waals surface area contributed by atoms with Crippen molar-refractivity contribution in [2.24, 2.45) is 0 Å². The number of esters is 1. The number of hydrogen-bond donors (Lipinski definition) is 0. The third-order valence-electron chi connectivity index (χ3n) is 1.35. The highest BCUT2D eigenvalue weighted by atomic mass is 127. The lowest BCUT2D eigenvalue weighted by Gasteiger charge is -2.17. The van der Waals surface area contributed by atoms with Gasteiger partial charge in [0.1, 0.15) is 0 Å². The van der Waals surface area contributed by atoms with Gasteiger partial charge in [-0.15, -0.1) is 0 Å². The molecule has 0 heterocycles. The van der Waals surface area contributed by atoms with Crippen LogP contribution < -0.4 is 0 Å². The molecule has 0 saturated heterocycles. The SMILES string of the molecule is C=C(C)C(F)(I)CCOC(C)=O. The molecule has 2 nitrogen and oxygen atoms in total. The lowest BCUT2D eigenvalue weighted by Crippen LogP contribution is -2.18. The van der Waals surface area contributed by atoms with Gasteiger partial charge >= 0.3 is 5.97 Å². The van der Waals surface area contributed by atoms with E-state index in [1.807, 2.05) is 0 Å². The van der Waals surface area contributed by atoms with Crippen LogP contribution in [0.25, 0.3) is 0 Å². The van der Waals surface area contributed by atoms with Gasteiger partial charge < -0.3 is 4.74 Å². The quantitative estimate of drug-likeness (QED) is 0.344. The van der Waals surface area contributed by atoms with Crippen molar-refractivity contribution in [3.63, 3.8) is 0 Å². The minimum Gasteiger partial charge on any atom is -0.466 e. The second-order valence-electron chi connectivity index (χ2n) is 2.57. The number of halogens is 2. The standard InChI is InChI=1S/C8H12FIO2/c1-6(2)8(9,10)4-5-12-7(3)11/h1,4-5H2,2-3H3. The summed E-state index contributed by atoms with van der Waals surface area (Å²) in [6, 6.07) is 0. The van der Waals surface area contributed by atoms with Crippen LogP contribution in [-0.2, 0) is 9.53 Å². The summed E-state index contributed by atoms with van der Waals surface area (Å²) >= 11 is 1.65. The Kier molecular flexibility index (Phi) is 4.74. The number of ether oxygens (including phenoxy) is 1. The van der Waals surface area contributed by atoms with Gasteiger partial charge in [0.25, 0.3) is 0 Å². The van der Waals surface area contributed by atoms with E-state index in [0.717, 1.165) is 0 Å². The molecule has 0 aromatic carbocycles. The average molecular weight is 286 g/mol. The number of carbonyl (C=O) groups excluding carboxylic acids is 1. The average Bonchev–Trinajstić information content (AvgIpc) is 1.85. The molecule has 0 aliphatic heterocycles. The monoisotopic (exact) mass is 286 g/mol. The summed E-state index contributed by atoms with van der Waals surface area (Å²) in [7, 11) is 0. The molecule has 0 aromatic rings. The molecule has 0 N–H and O–H groups in total. The van der Waals surface area contributed by atoms with E-state index in [0.29, 0.717) is 5.57 Å². The van der Waals surface area contributed by atoms with Crippen molar-refractivity contribution in [3.8, 4) is 0 Å². The number of allylic oxidation sites excluding steroid dienone is 1.